The molecule has 2 aromatic carbocycles. The van der Waals surface area contributed by atoms with Gasteiger partial charge in [-0.25, -0.2) is 0 Å². The summed E-state index contributed by atoms with van der Waals surface area (Å²) in [5.74, 6) is -4.80. The molecule has 3 amide bonds. The molecule has 6 N–H and O–H groups in total. The first-order chi connectivity index (χ1) is 25.4. The van der Waals surface area contributed by atoms with E-state index in [2.05, 4.69) is 16.0 Å². The molecule has 0 aliphatic carbocycles. The molecule has 18 nitrogen and oxygen atoms in total. The zero-order valence-corrected chi connectivity index (χ0v) is 29.4. The van der Waals surface area contributed by atoms with Crippen molar-refractivity contribution in [3.63, 3.8) is 0 Å². The Morgan fingerprint density at radius 2 is 0.868 bits per heavy atom. The average molecular weight is 742 g/mol. The van der Waals surface area contributed by atoms with Gasteiger partial charge in [0.25, 0.3) is 0 Å². The van der Waals surface area contributed by atoms with Gasteiger partial charge in [-0.2, -0.15) is 0 Å². The Kier molecular flexibility index (Phi) is 17.8. The van der Waals surface area contributed by atoms with Gasteiger partial charge in [-0.1, -0.05) is 30.3 Å². The number of aliphatic carboxylic acids is 3. The van der Waals surface area contributed by atoms with Gasteiger partial charge < -0.3 is 36.0 Å². The molecular weight excluding hydrogens is 694 g/mol. The summed E-state index contributed by atoms with van der Waals surface area (Å²) in [6, 6.07) is 16.4. The van der Waals surface area contributed by atoms with Crippen molar-refractivity contribution in [2.75, 3.05) is 98.2 Å². The molecule has 1 saturated heterocycles. The lowest BCUT2D eigenvalue weighted by molar-refractivity contribution is -0.138. The van der Waals surface area contributed by atoms with Crippen LogP contribution in [0, 0.1) is 0 Å². The second-order valence-corrected chi connectivity index (χ2v) is 12.3. The van der Waals surface area contributed by atoms with E-state index >= 15 is 0 Å². The number of carbonyl (C=O) groups is 7. The standard InChI is InChI=1S/C35H47N7O11/c43-29(27-6-8-28(9-7-27)53-25-26-4-2-1-3-5-26)21-39-10-12-40(22-30(44)36-18-33(47)48)14-16-42(24-32(46)38-20-35(51)52)17-15-41(13-11-39)23-31(45)37-19-34(49)50/h1-9H,10-25H2,(H,36,44)(H,37,45)(H,38,46)(H,47,48)(H,49,50)(H,51,52). The summed E-state index contributed by atoms with van der Waals surface area (Å²) < 4.78 is 5.84. The molecule has 1 aliphatic rings. The van der Waals surface area contributed by atoms with Crippen LogP contribution in [0.3, 0.4) is 0 Å². The van der Waals surface area contributed by atoms with Crippen LogP contribution in [0.4, 0.5) is 0 Å². The molecule has 53 heavy (non-hydrogen) atoms. The smallest absolute Gasteiger partial charge is 0.322 e. The third-order valence-corrected chi connectivity index (χ3v) is 8.13. The van der Waals surface area contributed by atoms with Crippen LogP contribution in [-0.2, 0) is 35.4 Å². The van der Waals surface area contributed by atoms with E-state index < -0.39 is 55.3 Å². The van der Waals surface area contributed by atoms with Crippen molar-refractivity contribution in [3.8, 4) is 5.75 Å². The van der Waals surface area contributed by atoms with Crippen molar-refractivity contribution < 1.29 is 53.6 Å². The number of ether oxygens (including phenoxy) is 1. The van der Waals surface area contributed by atoms with Gasteiger partial charge >= 0.3 is 17.9 Å². The predicted molar refractivity (Wildman–Crippen MR) is 189 cm³/mol. The van der Waals surface area contributed by atoms with E-state index in [9.17, 15) is 33.6 Å². The highest BCUT2D eigenvalue weighted by Crippen LogP contribution is 2.15. The summed E-state index contributed by atoms with van der Waals surface area (Å²) in [6.07, 6.45) is 0. The Bertz CT molecular complexity index is 1490. The monoisotopic (exact) mass is 741 g/mol. The van der Waals surface area contributed by atoms with E-state index in [0.717, 1.165) is 5.56 Å². The Labute approximate surface area is 306 Å². The molecule has 0 unspecified atom stereocenters. The fraction of sp³-hybridized carbons (Fsp3) is 0.457. The fourth-order valence-electron chi connectivity index (χ4n) is 5.28. The van der Waals surface area contributed by atoms with Crippen molar-refractivity contribution in [1.29, 1.82) is 0 Å². The van der Waals surface area contributed by atoms with Crippen LogP contribution in [0.5, 0.6) is 5.75 Å². The number of carboxylic acids is 3. The minimum atomic E-state index is -1.21. The number of hydrogen-bond acceptors (Lipinski definition) is 12. The van der Waals surface area contributed by atoms with Crippen LogP contribution >= 0.6 is 0 Å². The Hall–Kier alpha value is -5.43. The number of carbonyl (C=O) groups excluding carboxylic acids is 4. The number of nitrogens with one attached hydrogen (secondary N) is 3. The zero-order valence-electron chi connectivity index (χ0n) is 29.4. The number of amides is 3. The van der Waals surface area contributed by atoms with E-state index in [1.165, 1.54) is 0 Å². The SMILES string of the molecule is O=C(O)CNC(=O)CN1CCN(CC(=O)NCC(=O)O)CCN(CC(=O)c2ccc(OCc3ccccc3)cc2)CCN(CC(=O)NCC(=O)O)CC1. The number of Topliss-reactive ketones (excluding diaryl/α,β-unsaturated/α-hetero) is 1. The Morgan fingerprint density at radius 1 is 0.509 bits per heavy atom. The van der Waals surface area contributed by atoms with Crippen LogP contribution in [0.25, 0.3) is 0 Å². The summed E-state index contributed by atoms with van der Waals surface area (Å²) in [6.45, 7) is 0.307. The molecular formula is C35H47N7O11. The maximum Gasteiger partial charge on any atom is 0.322 e. The van der Waals surface area contributed by atoms with Gasteiger partial charge in [0.2, 0.25) is 17.7 Å². The molecule has 1 aliphatic heterocycles. The maximum absolute atomic E-state index is 13.5. The topological polar surface area (TPSA) is 238 Å². The highest BCUT2D eigenvalue weighted by atomic mass is 16.5. The molecule has 18 heteroatoms. The molecule has 288 valence electrons. The lowest BCUT2D eigenvalue weighted by Crippen LogP contribution is -2.51. The first-order valence-electron chi connectivity index (χ1n) is 17.0. The second kappa shape index (κ2) is 22.5. The number of carboxylic acid groups (broad SMARTS) is 3. The zero-order chi connectivity index (χ0) is 38.6. The van der Waals surface area contributed by atoms with Gasteiger partial charge in [-0.15, -0.1) is 0 Å². The van der Waals surface area contributed by atoms with Gasteiger partial charge in [0.05, 0.1) is 26.2 Å². The molecule has 0 bridgehead atoms. The van der Waals surface area contributed by atoms with E-state index in [1.54, 1.807) is 39.0 Å². The van der Waals surface area contributed by atoms with Crippen LogP contribution in [0.15, 0.2) is 54.6 Å². The minimum absolute atomic E-state index is 0.00179. The third kappa shape index (κ3) is 17.6. The van der Waals surface area contributed by atoms with Crippen LogP contribution < -0.4 is 20.7 Å². The molecule has 0 atom stereocenters. The lowest BCUT2D eigenvalue weighted by atomic mass is 10.1. The van der Waals surface area contributed by atoms with Gasteiger partial charge in [-0.3, -0.25) is 53.2 Å². The van der Waals surface area contributed by atoms with Crippen molar-refractivity contribution in [1.82, 2.24) is 35.6 Å². The first kappa shape index (κ1) is 42.0. The molecule has 3 rings (SSSR count). The Balaban J connectivity index is 1.76. The van der Waals surface area contributed by atoms with Gasteiger partial charge in [-0.05, 0) is 29.8 Å². The fourth-order valence-corrected chi connectivity index (χ4v) is 5.28. The number of benzene rings is 2. The normalized spacial score (nSPS) is 15.2. The third-order valence-electron chi connectivity index (χ3n) is 8.13. The van der Waals surface area contributed by atoms with Crippen LogP contribution in [-0.4, -0.2) is 175 Å². The minimum Gasteiger partial charge on any atom is -0.489 e. The molecule has 1 fully saturated rings. The van der Waals surface area contributed by atoms with E-state index in [1.807, 2.05) is 35.2 Å². The summed E-state index contributed by atoms with van der Waals surface area (Å²) >= 11 is 0. The van der Waals surface area contributed by atoms with Crippen molar-refractivity contribution >= 4 is 41.4 Å². The molecule has 0 aromatic heterocycles. The quantitative estimate of drug-likeness (QED) is 0.0932. The summed E-state index contributed by atoms with van der Waals surface area (Å²) in [7, 11) is 0. The van der Waals surface area contributed by atoms with Crippen molar-refractivity contribution in [3.05, 3.63) is 65.7 Å². The van der Waals surface area contributed by atoms with Crippen molar-refractivity contribution in [2.45, 2.75) is 6.61 Å². The van der Waals surface area contributed by atoms with Gasteiger partial charge in [0.1, 0.15) is 32.0 Å². The summed E-state index contributed by atoms with van der Waals surface area (Å²) in [5.41, 5.74) is 1.45. The van der Waals surface area contributed by atoms with Gasteiger partial charge in [0, 0.05) is 57.9 Å². The highest BCUT2D eigenvalue weighted by molar-refractivity contribution is 5.97. The van der Waals surface area contributed by atoms with Crippen LogP contribution in [0.2, 0.25) is 0 Å². The first-order valence-corrected chi connectivity index (χ1v) is 17.0. The molecule has 0 radical (unpaired) electrons. The van der Waals surface area contributed by atoms with Crippen LogP contribution in [0.1, 0.15) is 15.9 Å². The largest absolute Gasteiger partial charge is 0.489 e. The molecule has 1 heterocycles. The van der Waals surface area contributed by atoms with Gasteiger partial charge in [0.15, 0.2) is 5.78 Å². The van der Waals surface area contributed by atoms with E-state index in [4.69, 9.17) is 20.1 Å². The maximum atomic E-state index is 13.5. The van der Waals surface area contributed by atoms with E-state index in [0.29, 0.717) is 31.0 Å². The second-order valence-electron chi connectivity index (χ2n) is 12.3. The molecule has 0 saturated carbocycles. The highest BCUT2D eigenvalue weighted by Gasteiger charge is 2.22. The number of hydrogen-bond donors (Lipinski definition) is 6. The average Bonchev–Trinajstić information content (AvgIpc) is 3.12. The predicted octanol–water partition coefficient (Wildman–Crippen LogP) is -1.73. The summed E-state index contributed by atoms with van der Waals surface area (Å²) in [4.78, 5) is 91.5. The number of ketones is 1. The Morgan fingerprint density at radius 3 is 1.23 bits per heavy atom. The number of rotatable bonds is 18. The summed E-state index contributed by atoms with van der Waals surface area (Å²) in [5, 5.41) is 34.0. The number of nitrogens with zero attached hydrogens (tertiary/aromatic N) is 4. The molecule has 2 aromatic rings. The van der Waals surface area contributed by atoms with E-state index in [-0.39, 0.29) is 71.2 Å². The van der Waals surface area contributed by atoms with Crippen molar-refractivity contribution in [2.24, 2.45) is 0 Å². The lowest BCUT2D eigenvalue weighted by Gasteiger charge is -2.33. The molecule has 0 spiro atoms.